The maximum absolute atomic E-state index is 12.8. The average molecular weight is 559 g/mol. The second-order valence-electron chi connectivity index (χ2n) is 10.1. The molecule has 1 aliphatic rings. The van der Waals surface area contributed by atoms with Crippen molar-refractivity contribution in [3.05, 3.63) is 128 Å². The molecule has 1 fully saturated rings. The highest BCUT2D eigenvalue weighted by molar-refractivity contribution is 5.49. The minimum Gasteiger partial charge on any atom is -0.497 e. The molecule has 0 amide bonds. The number of aryl methyl sites for hydroxylation is 1. The fourth-order valence-electron chi connectivity index (χ4n) is 5.37. The molecule has 0 saturated carbocycles. The van der Waals surface area contributed by atoms with Crippen LogP contribution in [0.15, 0.2) is 94.6 Å². The summed E-state index contributed by atoms with van der Waals surface area (Å²) < 4.78 is 26.3. The summed E-state index contributed by atoms with van der Waals surface area (Å²) in [5.41, 5.74) is 1.04. The number of hydrogen-bond donors (Lipinski definition) is 1. The summed E-state index contributed by atoms with van der Waals surface area (Å²) in [5.74, 6) is 1.42. The molecular formula is C32H34N2O7. The van der Waals surface area contributed by atoms with Gasteiger partial charge in [-0.2, -0.15) is 0 Å². The molecule has 1 N–H and O–H groups in total. The number of aliphatic hydroxyl groups excluding tert-OH is 1. The van der Waals surface area contributed by atoms with Gasteiger partial charge < -0.3 is 24.1 Å². The van der Waals surface area contributed by atoms with Crippen LogP contribution in [0.4, 0.5) is 0 Å². The molecule has 0 spiro atoms. The van der Waals surface area contributed by atoms with Gasteiger partial charge in [-0.15, -0.1) is 0 Å². The zero-order chi connectivity index (χ0) is 29.1. The summed E-state index contributed by atoms with van der Waals surface area (Å²) in [6.07, 6.45) is -0.721. The van der Waals surface area contributed by atoms with Crippen molar-refractivity contribution in [3.8, 4) is 11.5 Å². The zero-order valence-electron chi connectivity index (χ0n) is 23.5. The topological polar surface area (TPSA) is 101 Å². The van der Waals surface area contributed by atoms with Gasteiger partial charge in [0.25, 0.3) is 5.56 Å². The monoisotopic (exact) mass is 558 g/mol. The normalized spacial score (nSPS) is 18.8. The molecule has 2 heterocycles. The second kappa shape index (κ2) is 11.7. The van der Waals surface area contributed by atoms with Gasteiger partial charge in [0.1, 0.15) is 29.4 Å². The quantitative estimate of drug-likeness (QED) is 0.314. The smallest absolute Gasteiger partial charge is 0.332 e. The van der Waals surface area contributed by atoms with Gasteiger partial charge in [0.15, 0.2) is 0 Å². The van der Waals surface area contributed by atoms with Gasteiger partial charge in [-0.1, -0.05) is 54.6 Å². The van der Waals surface area contributed by atoms with Crippen LogP contribution in [0.5, 0.6) is 11.5 Å². The summed E-state index contributed by atoms with van der Waals surface area (Å²) in [4.78, 5) is 25.0. The lowest BCUT2D eigenvalue weighted by molar-refractivity contribution is -0.0946. The Morgan fingerprint density at radius 2 is 1.41 bits per heavy atom. The first-order valence-electron chi connectivity index (χ1n) is 13.4. The van der Waals surface area contributed by atoms with Crippen molar-refractivity contribution in [2.45, 2.75) is 37.4 Å². The summed E-state index contributed by atoms with van der Waals surface area (Å²) in [6, 6.07) is 25.2. The largest absolute Gasteiger partial charge is 0.497 e. The van der Waals surface area contributed by atoms with E-state index >= 15 is 0 Å². The Morgan fingerprint density at radius 3 is 1.95 bits per heavy atom. The molecule has 1 aliphatic heterocycles. The highest BCUT2D eigenvalue weighted by atomic mass is 16.6. The molecule has 0 radical (unpaired) electrons. The first kappa shape index (κ1) is 28.4. The van der Waals surface area contributed by atoms with Gasteiger partial charge in [-0.3, -0.25) is 13.9 Å². The van der Waals surface area contributed by atoms with Crippen molar-refractivity contribution in [1.29, 1.82) is 0 Å². The number of hydrogen-bond acceptors (Lipinski definition) is 7. The van der Waals surface area contributed by atoms with Gasteiger partial charge in [0.2, 0.25) is 0 Å². The molecule has 9 nitrogen and oxygen atoms in total. The van der Waals surface area contributed by atoms with Gasteiger partial charge in [-0.05, 0) is 47.9 Å². The minimum absolute atomic E-state index is 0.0180. The van der Waals surface area contributed by atoms with Gasteiger partial charge >= 0.3 is 5.69 Å². The summed E-state index contributed by atoms with van der Waals surface area (Å²) >= 11 is 0. The van der Waals surface area contributed by atoms with E-state index in [-0.39, 0.29) is 18.6 Å². The number of nitrogens with zero attached hydrogens (tertiary/aromatic N) is 2. The van der Waals surface area contributed by atoms with Crippen LogP contribution in [0.1, 0.15) is 34.9 Å². The zero-order valence-corrected chi connectivity index (χ0v) is 23.5. The number of rotatable bonds is 9. The molecule has 9 heteroatoms. The number of benzene rings is 3. The number of aliphatic hydroxyl groups is 1. The number of ether oxygens (including phenoxy) is 4. The van der Waals surface area contributed by atoms with Gasteiger partial charge in [0, 0.05) is 25.2 Å². The highest BCUT2D eigenvalue weighted by Gasteiger charge is 2.42. The second-order valence-corrected chi connectivity index (χ2v) is 10.1. The van der Waals surface area contributed by atoms with Crippen molar-refractivity contribution in [2.24, 2.45) is 7.05 Å². The van der Waals surface area contributed by atoms with Crippen molar-refractivity contribution >= 4 is 0 Å². The molecule has 0 bridgehead atoms. The fourth-order valence-corrected chi connectivity index (χ4v) is 5.37. The molecule has 214 valence electrons. The van der Waals surface area contributed by atoms with Crippen LogP contribution in [-0.4, -0.2) is 47.3 Å². The third-order valence-corrected chi connectivity index (χ3v) is 7.63. The van der Waals surface area contributed by atoms with E-state index < -0.39 is 29.7 Å². The highest BCUT2D eigenvalue weighted by Crippen LogP contribution is 2.42. The van der Waals surface area contributed by atoms with Crippen molar-refractivity contribution < 1.29 is 24.1 Å². The van der Waals surface area contributed by atoms with E-state index in [0.717, 1.165) is 21.3 Å². The lowest BCUT2D eigenvalue weighted by atomic mass is 9.80. The Balaban J connectivity index is 1.54. The van der Waals surface area contributed by atoms with Crippen LogP contribution in [0.2, 0.25) is 0 Å². The Kier molecular flexibility index (Phi) is 8.12. The van der Waals surface area contributed by atoms with Crippen LogP contribution < -0.4 is 20.7 Å². The van der Waals surface area contributed by atoms with Gasteiger partial charge in [-0.25, -0.2) is 4.79 Å². The molecule has 5 rings (SSSR count). The molecule has 4 aromatic rings. The Labute approximate surface area is 238 Å². The average Bonchev–Trinajstić information content (AvgIpc) is 3.39. The first-order chi connectivity index (χ1) is 19.8. The van der Waals surface area contributed by atoms with E-state index in [1.165, 1.54) is 17.8 Å². The maximum Gasteiger partial charge on any atom is 0.332 e. The molecular weight excluding hydrogens is 524 g/mol. The molecule has 0 unspecified atom stereocenters. The van der Waals surface area contributed by atoms with E-state index in [9.17, 15) is 14.7 Å². The fraction of sp³-hybridized carbons (Fsp3) is 0.312. The van der Waals surface area contributed by atoms with Crippen LogP contribution >= 0.6 is 0 Å². The summed E-state index contributed by atoms with van der Waals surface area (Å²) in [5, 5.41) is 11.0. The van der Waals surface area contributed by atoms with Crippen LogP contribution in [-0.2, 0) is 22.1 Å². The van der Waals surface area contributed by atoms with E-state index in [1.54, 1.807) is 21.1 Å². The standard InChI is InChI=1S/C32H34N2O7/c1-21-19-34(31(37)33(2)30(21)36)29-18-27(35)28(41-29)20-40-32(22-8-6-5-7-9-22,23-10-14-25(38-3)15-11-23)24-12-16-26(39-4)17-13-24/h5-17,19,27-29,35H,18,20H2,1-4H3/t27-,28+,29+/m0/s1. The lowest BCUT2D eigenvalue weighted by Crippen LogP contribution is -2.40. The predicted molar refractivity (Wildman–Crippen MR) is 153 cm³/mol. The van der Waals surface area contributed by atoms with Crippen molar-refractivity contribution in [1.82, 2.24) is 9.13 Å². The number of aromatic nitrogens is 2. The van der Waals surface area contributed by atoms with E-state index in [4.69, 9.17) is 18.9 Å². The van der Waals surface area contributed by atoms with Crippen molar-refractivity contribution in [2.75, 3.05) is 20.8 Å². The lowest BCUT2D eigenvalue weighted by Gasteiger charge is -2.37. The van der Waals surface area contributed by atoms with Crippen LogP contribution in [0.25, 0.3) is 0 Å². The van der Waals surface area contributed by atoms with E-state index in [1.807, 2.05) is 78.9 Å². The van der Waals surface area contributed by atoms with Crippen LogP contribution in [0, 0.1) is 6.92 Å². The van der Waals surface area contributed by atoms with E-state index in [0.29, 0.717) is 17.1 Å². The molecule has 41 heavy (non-hydrogen) atoms. The van der Waals surface area contributed by atoms with Gasteiger partial charge in [0.05, 0.1) is 26.9 Å². The minimum atomic E-state index is -1.08. The summed E-state index contributed by atoms with van der Waals surface area (Å²) in [7, 11) is 4.66. The molecule has 3 aromatic carbocycles. The van der Waals surface area contributed by atoms with Crippen LogP contribution in [0.3, 0.4) is 0 Å². The summed E-state index contributed by atoms with van der Waals surface area (Å²) in [6.45, 7) is 1.66. The Bertz CT molecular complexity index is 1550. The third-order valence-electron chi connectivity index (χ3n) is 7.63. The maximum atomic E-state index is 12.8. The SMILES string of the molecule is COc1ccc(C(OC[C@H]2O[C@@H](n3cc(C)c(=O)n(C)c3=O)C[C@@H]2O)(c2ccccc2)c2ccc(OC)cc2)cc1. The number of methoxy groups -OCH3 is 2. The first-order valence-corrected chi connectivity index (χ1v) is 13.4. The van der Waals surface area contributed by atoms with Crippen molar-refractivity contribution in [3.63, 3.8) is 0 Å². The molecule has 1 saturated heterocycles. The Morgan fingerprint density at radius 1 is 0.878 bits per heavy atom. The molecule has 3 atom stereocenters. The third kappa shape index (κ3) is 5.31. The Hall–Kier alpha value is -4.18. The molecule has 1 aromatic heterocycles. The van der Waals surface area contributed by atoms with E-state index in [2.05, 4.69) is 0 Å². The molecule has 0 aliphatic carbocycles. The predicted octanol–water partition coefficient (Wildman–Crippen LogP) is 3.53.